The van der Waals surface area contributed by atoms with E-state index in [1.54, 1.807) is 0 Å². The Labute approximate surface area is 133 Å². The summed E-state index contributed by atoms with van der Waals surface area (Å²) in [7, 11) is 0. The van der Waals surface area contributed by atoms with E-state index in [4.69, 9.17) is 0 Å². The van der Waals surface area contributed by atoms with E-state index in [2.05, 4.69) is 37.9 Å². The third-order valence-corrected chi connectivity index (χ3v) is 6.40. The summed E-state index contributed by atoms with van der Waals surface area (Å²) < 4.78 is 0. The zero-order valence-electron chi connectivity index (χ0n) is 14.9. The van der Waals surface area contributed by atoms with E-state index in [1.165, 1.54) is 64.6 Å². The lowest BCUT2D eigenvalue weighted by molar-refractivity contribution is 0.0771. The van der Waals surface area contributed by atoms with E-state index in [9.17, 15) is 0 Å². The third-order valence-electron chi connectivity index (χ3n) is 6.40. The standard InChI is InChI=1S/C19H38N2/c1-5-15(4)19-14-21(18(7-3)12-20-19)13-17-10-8-16(6-2)9-11-17/h15-20H,5-14H2,1-4H3. The van der Waals surface area contributed by atoms with Crippen molar-refractivity contribution in [2.45, 2.75) is 84.7 Å². The molecule has 0 radical (unpaired) electrons. The van der Waals surface area contributed by atoms with Crippen LogP contribution in [-0.4, -0.2) is 36.6 Å². The quantitative estimate of drug-likeness (QED) is 0.785. The highest BCUT2D eigenvalue weighted by atomic mass is 15.2. The van der Waals surface area contributed by atoms with Crippen molar-refractivity contribution < 1.29 is 0 Å². The Balaban J connectivity index is 1.86. The average Bonchev–Trinajstić information content (AvgIpc) is 2.54. The Morgan fingerprint density at radius 2 is 1.67 bits per heavy atom. The van der Waals surface area contributed by atoms with Crippen LogP contribution >= 0.6 is 0 Å². The number of hydrogen-bond donors (Lipinski definition) is 1. The highest BCUT2D eigenvalue weighted by Crippen LogP contribution is 2.32. The summed E-state index contributed by atoms with van der Waals surface area (Å²) in [5, 5.41) is 3.81. The van der Waals surface area contributed by atoms with Crippen molar-refractivity contribution in [2.75, 3.05) is 19.6 Å². The van der Waals surface area contributed by atoms with Crippen LogP contribution in [-0.2, 0) is 0 Å². The molecule has 0 aromatic carbocycles. The van der Waals surface area contributed by atoms with E-state index in [0.717, 1.165) is 23.8 Å². The van der Waals surface area contributed by atoms with Crippen molar-refractivity contribution in [1.29, 1.82) is 0 Å². The van der Waals surface area contributed by atoms with Crippen LogP contribution in [0.15, 0.2) is 0 Å². The lowest BCUT2D eigenvalue weighted by Gasteiger charge is -2.44. The molecule has 2 heteroatoms. The van der Waals surface area contributed by atoms with Crippen LogP contribution in [0.3, 0.4) is 0 Å². The normalized spacial score (nSPS) is 36.6. The molecule has 0 aromatic rings. The minimum atomic E-state index is 0.713. The van der Waals surface area contributed by atoms with Crippen molar-refractivity contribution in [2.24, 2.45) is 17.8 Å². The van der Waals surface area contributed by atoms with Gasteiger partial charge >= 0.3 is 0 Å². The number of rotatable bonds is 6. The Kier molecular flexibility index (Phi) is 7.01. The van der Waals surface area contributed by atoms with Gasteiger partial charge in [0.1, 0.15) is 0 Å². The Morgan fingerprint density at radius 1 is 1.00 bits per heavy atom. The van der Waals surface area contributed by atoms with Crippen LogP contribution in [0.25, 0.3) is 0 Å². The van der Waals surface area contributed by atoms with Crippen LogP contribution < -0.4 is 5.32 Å². The Bertz CT molecular complexity index is 283. The predicted molar refractivity (Wildman–Crippen MR) is 92.6 cm³/mol. The van der Waals surface area contributed by atoms with Gasteiger partial charge in [0, 0.05) is 31.7 Å². The molecular formula is C19H38N2. The molecule has 3 unspecified atom stereocenters. The van der Waals surface area contributed by atoms with E-state index >= 15 is 0 Å². The van der Waals surface area contributed by atoms with E-state index < -0.39 is 0 Å². The average molecular weight is 295 g/mol. The molecule has 2 aliphatic rings. The first-order valence-electron chi connectivity index (χ1n) is 9.65. The number of nitrogens with zero attached hydrogens (tertiary/aromatic N) is 1. The summed E-state index contributed by atoms with van der Waals surface area (Å²) in [6.07, 6.45) is 9.92. The first-order chi connectivity index (χ1) is 10.2. The number of hydrogen-bond acceptors (Lipinski definition) is 2. The van der Waals surface area contributed by atoms with Gasteiger partial charge in [-0.3, -0.25) is 4.90 Å². The molecule has 1 saturated heterocycles. The second-order valence-corrected chi connectivity index (χ2v) is 7.71. The smallest absolute Gasteiger partial charge is 0.0221 e. The van der Waals surface area contributed by atoms with Gasteiger partial charge in [-0.15, -0.1) is 0 Å². The number of piperazine rings is 1. The van der Waals surface area contributed by atoms with Gasteiger partial charge in [0.15, 0.2) is 0 Å². The maximum absolute atomic E-state index is 3.81. The fourth-order valence-corrected chi connectivity index (χ4v) is 4.33. The van der Waals surface area contributed by atoms with Crippen LogP contribution in [0.4, 0.5) is 0 Å². The first kappa shape index (κ1) is 17.3. The van der Waals surface area contributed by atoms with Crippen LogP contribution in [0.2, 0.25) is 0 Å². The molecule has 1 heterocycles. The second-order valence-electron chi connectivity index (χ2n) is 7.71. The Morgan fingerprint density at radius 3 is 2.24 bits per heavy atom. The monoisotopic (exact) mass is 294 g/mol. The van der Waals surface area contributed by atoms with Crippen molar-refractivity contribution >= 4 is 0 Å². The molecule has 21 heavy (non-hydrogen) atoms. The van der Waals surface area contributed by atoms with Gasteiger partial charge in [-0.1, -0.05) is 53.4 Å². The molecule has 1 aliphatic carbocycles. The van der Waals surface area contributed by atoms with Gasteiger partial charge in [0.05, 0.1) is 0 Å². The maximum Gasteiger partial charge on any atom is 0.0221 e. The SMILES string of the molecule is CCC1CCC(CN2CC(C(C)CC)NCC2CC)CC1. The zero-order valence-corrected chi connectivity index (χ0v) is 14.9. The molecule has 1 saturated carbocycles. The van der Waals surface area contributed by atoms with Crippen molar-refractivity contribution in [3.8, 4) is 0 Å². The van der Waals surface area contributed by atoms with E-state index in [1.807, 2.05) is 0 Å². The second kappa shape index (κ2) is 8.53. The van der Waals surface area contributed by atoms with E-state index in [-0.39, 0.29) is 0 Å². The van der Waals surface area contributed by atoms with Crippen LogP contribution in [0, 0.1) is 17.8 Å². The molecule has 0 bridgehead atoms. The molecule has 1 N–H and O–H groups in total. The molecule has 1 aliphatic heterocycles. The minimum Gasteiger partial charge on any atom is -0.311 e. The summed E-state index contributed by atoms with van der Waals surface area (Å²) in [6, 6.07) is 1.49. The molecule has 0 amide bonds. The van der Waals surface area contributed by atoms with E-state index in [0.29, 0.717) is 6.04 Å². The molecule has 0 spiro atoms. The summed E-state index contributed by atoms with van der Waals surface area (Å²) in [5.41, 5.74) is 0. The molecule has 0 aromatic heterocycles. The molecule has 124 valence electrons. The summed E-state index contributed by atoms with van der Waals surface area (Å²) in [4.78, 5) is 2.84. The molecular weight excluding hydrogens is 256 g/mol. The molecule has 2 rings (SSSR count). The van der Waals surface area contributed by atoms with Crippen molar-refractivity contribution in [1.82, 2.24) is 10.2 Å². The fourth-order valence-electron chi connectivity index (χ4n) is 4.33. The first-order valence-corrected chi connectivity index (χ1v) is 9.65. The minimum absolute atomic E-state index is 0.713. The number of nitrogens with one attached hydrogen (secondary N) is 1. The zero-order chi connectivity index (χ0) is 15.2. The molecule has 2 fully saturated rings. The summed E-state index contributed by atoms with van der Waals surface area (Å²) in [5.74, 6) is 2.80. The molecule has 3 atom stereocenters. The van der Waals surface area contributed by atoms with Gasteiger partial charge in [-0.25, -0.2) is 0 Å². The third kappa shape index (κ3) is 4.69. The topological polar surface area (TPSA) is 15.3 Å². The fraction of sp³-hybridized carbons (Fsp3) is 1.00. The van der Waals surface area contributed by atoms with Gasteiger partial charge in [-0.05, 0) is 37.0 Å². The maximum atomic E-state index is 3.81. The van der Waals surface area contributed by atoms with Gasteiger partial charge < -0.3 is 5.32 Å². The Hall–Kier alpha value is -0.0800. The lowest BCUT2D eigenvalue weighted by Crippen LogP contribution is -2.59. The van der Waals surface area contributed by atoms with Crippen LogP contribution in [0.1, 0.15) is 72.6 Å². The van der Waals surface area contributed by atoms with Crippen molar-refractivity contribution in [3.63, 3.8) is 0 Å². The highest BCUT2D eigenvalue weighted by molar-refractivity contribution is 4.89. The van der Waals surface area contributed by atoms with Gasteiger partial charge in [0.25, 0.3) is 0 Å². The largest absolute Gasteiger partial charge is 0.311 e. The lowest BCUT2D eigenvalue weighted by atomic mass is 9.80. The predicted octanol–water partition coefficient (Wildman–Crippen LogP) is 4.30. The van der Waals surface area contributed by atoms with Gasteiger partial charge in [0.2, 0.25) is 0 Å². The molecule has 2 nitrogen and oxygen atoms in total. The van der Waals surface area contributed by atoms with Gasteiger partial charge in [-0.2, -0.15) is 0 Å². The van der Waals surface area contributed by atoms with Crippen molar-refractivity contribution in [3.05, 3.63) is 0 Å². The summed E-state index contributed by atoms with van der Waals surface area (Å²) in [6.45, 7) is 13.3. The highest BCUT2D eigenvalue weighted by Gasteiger charge is 2.31. The van der Waals surface area contributed by atoms with Crippen LogP contribution in [0.5, 0.6) is 0 Å². The summed E-state index contributed by atoms with van der Waals surface area (Å²) >= 11 is 0.